The zero-order chi connectivity index (χ0) is 14.3. The summed E-state index contributed by atoms with van der Waals surface area (Å²) in [4.78, 5) is 0. The van der Waals surface area contributed by atoms with E-state index in [-0.39, 0.29) is 24.1 Å². The molecular weight excluding hydrogens is 242 g/mol. The highest BCUT2D eigenvalue weighted by Crippen LogP contribution is 2.38. The first kappa shape index (κ1) is 14.3. The highest BCUT2D eigenvalue weighted by molar-refractivity contribution is 6.55. The summed E-state index contributed by atoms with van der Waals surface area (Å²) in [6, 6.07) is 6.38. The molecule has 0 amide bonds. The monoisotopic (exact) mass is 262 g/mol. The van der Waals surface area contributed by atoms with Crippen molar-refractivity contribution in [2.75, 3.05) is 0 Å². The molecule has 1 heterocycles. The summed E-state index contributed by atoms with van der Waals surface area (Å²) in [6.45, 7) is 10.1. The molecule has 1 aliphatic rings. The van der Waals surface area contributed by atoms with Gasteiger partial charge < -0.3 is 9.31 Å². The molecule has 0 aromatic heterocycles. The van der Waals surface area contributed by atoms with Gasteiger partial charge in [0, 0.05) is 0 Å². The van der Waals surface area contributed by atoms with E-state index in [0.717, 1.165) is 11.0 Å². The molecule has 1 fully saturated rings. The number of hydrogen-bond donors (Lipinski definition) is 0. The van der Waals surface area contributed by atoms with E-state index in [9.17, 15) is 4.39 Å². The van der Waals surface area contributed by atoms with Crippen LogP contribution in [0.3, 0.4) is 0 Å². The third-order valence-electron chi connectivity index (χ3n) is 3.89. The van der Waals surface area contributed by atoms with Crippen molar-refractivity contribution in [2.24, 2.45) is 0 Å². The number of allylic oxidation sites excluding steroid dienone is 1. The Morgan fingerprint density at radius 2 is 1.53 bits per heavy atom. The topological polar surface area (TPSA) is 18.5 Å². The highest BCUT2D eigenvalue weighted by atomic mass is 19.1. The van der Waals surface area contributed by atoms with E-state index in [0.29, 0.717) is 0 Å². The molecule has 1 aromatic rings. The van der Waals surface area contributed by atoms with Crippen LogP contribution in [0.25, 0.3) is 6.08 Å². The summed E-state index contributed by atoms with van der Waals surface area (Å²) in [6.07, 6.45) is 1.96. The van der Waals surface area contributed by atoms with Gasteiger partial charge in [0.25, 0.3) is 0 Å². The van der Waals surface area contributed by atoms with Crippen molar-refractivity contribution in [2.45, 2.75) is 45.8 Å². The SMILES string of the molecule is C/C(=C/c1ccc(F)cc1)B1OC(C)(C)C(C)(C)O1. The summed E-state index contributed by atoms with van der Waals surface area (Å²) >= 11 is 0. The van der Waals surface area contributed by atoms with E-state index in [1.807, 2.05) is 40.7 Å². The van der Waals surface area contributed by atoms with Gasteiger partial charge in [-0.25, -0.2) is 4.39 Å². The number of benzene rings is 1. The van der Waals surface area contributed by atoms with Crippen molar-refractivity contribution >= 4 is 13.2 Å². The standard InChI is InChI=1S/C15H20BFO2/c1-11(10-12-6-8-13(17)9-7-12)16-18-14(2,3)15(4,5)19-16/h6-10H,1-5H3/b11-10-. The van der Waals surface area contributed by atoms with Gasteiger partial charge in [-0.3, -0.25) is 0 Å². The summed E-state index contributed by atoms with van der Waals surface area (Å²) in [5.74, 6) is -0.231. The quantitative estimate of drug-likeness (QED) is 0.753. The number of rotatable bonds is 2. The minimum atomic E-state index is -0.352. The lowest BCUT2D eigenvalue weighted by Gasteiger charge is -2.32. The Hall–Kier alpha value is -1.13. The fourth-order valence-electron chi connectivity index (χ4n) is 1.92. The first-order valence-electron chi connectivity index (χ1n) is 6.51. The molecule has 0 aliphatic carbocycles. The zero-order valence-corrected chi connectivity index (χ0v) is 12.2. The fraction of sp³-hybridized carbons (Fsp3) is 0.467. The van der Waals surface area contributed by atoms with Crippen LogP contribution in [0.5, 0.6) is 0 Å². The summed E-state index contributed by atoms with van der Waals surface area (Å²) in [5.41, 5.74) is 1.24. The maximum atomic E-state index is 12.9. The van der Waals surface area contributed by atoms with Crippen molar-refractivity contribution in [3.8, 4) is 0 Å². The van der Waals surface area contributed by atoms with Crippen LogP contribution in [0.1, 0.15) is 40.2 Å². The van der Waals surface area contributed by atoms with E-state index in [1.165, 1.54) is 12.1 Å². The second-order valence-electron chi connectivity index (χ2n) is 6.03. The molecule has 0 saturated carbocycles. The summed E-state index contributed by atoms with van der Waals surface area (Å²) in [5, 5.41) is 0. The first-order valence-corrected chi connectivity index (χ1v) is 6.51. The smallest absolute Gasteiger partial charge is 0.400 e. The molecule has 1 aromatic carbocycles. The van der Waals surface area contributed by atoms with Crippen LogP contribution in [0.15, 0.2) is 29.7 Å². The maximum Gasteiger partial charge on any atom is 0.490 e. The minimum absolute atomic E-state index is 0.231. The third-order valence-corrected chi connectivity index (χ3v) is 3.89. The molecular formula is C15H20BFO2. The molecule has 0 N–H and O–H groups in total. The third kappa shape index (κ3) is 2.90. The van der Waals surface area contributed by atoms with E-state index in [2.05, 4.69) is 0 Å². The number of hydrogen-bond acceptors (Lipinski definition) is 2. The van der Waals surface area contributed by atoms with Crippen LogP contribution in [0.2, 0.25) is 0 Å². The lowest BCUT2D eigenvalue weighted by atomic mass is 9.78. The van der Waals surface area contributed by atoms with Gasteiger partial charge in [0.2, 0.25) is 0 Å². The molecule has 1 aliphatic heterocycles. The maximum absolute atomic E-state index is 12.9. The van der Waals surface area contributed by atoms with Gasteiger partial charge in [-0.15, -0.1) is 0 Å². The van der Waals surface area contributed by atoms with Crippen LogP contribution in [0.4, 0.5) is 4.39 Å². The molecule has 19 heavy (non-hydrogen) atoms. The predicted octanol–water partition coefficient (Wildman–Crippen LogP) is 3.86. The van der Waals surface area contributed by atoms with Gasteiger partial charge in [0.05, 0.1) is 11.2 Å². The molecule has 0 unspecified atom stereocenters. The molecule has 0 spiro atoms. The molecule has 0 radical (unpaired) electrons. The van der Waals surface area contributed by atoms with Gasteiger partial charge in [-0.2, -0.15) is 0 Å². The largest absolute Gasteiger partial charge is 0.490 e. The molecule has 2 nitrogen and oxygen atoms in total. The Morgan fingerprint density at radius 3 is 2.00 bits per heavy atom. The Bertz CT molecular complexity index is 475. The lowest BCUT2D eigenvalue weighted by Crippen LogP contribution is -2.41. The molecule has 102 valence electrons. The lowest BCUT2D eigenvalue weighted by molar-refractivity contribution is 0.00578. The van der Waals surface area contributed by atoms with Gasteiger partial charge in [-0.05, 0) is 57.8 Å². The average molecular weight is 262 g/mol. The average Bonchev–Trinajstić information content (AvgIpc) is 2.51. The fourth-order valence-corrected chi connectivity index (χ4v) is 1.92. The highest BCUT2D eigenvalue weighted by Gasteiger charge is 2.51. The van der Waals surface area contributed by atoms with Gasteiger partial charge in [0.15, 0.2) is 0 Å². The minimum Gasteiger partial charge on any atom is -0.400 e. The van der Waals surface area contributed by atoms with Crippen molar-refractivity contribution in [1.29, 1.82) is 0 Å². The van der Waals surface area contributed by atoms with Crippen LogP contribution < -0.4 is 0 Å². The van der Waals surface area contributed by atoms with Crippen LogP contribution in [-0.4, -0.2) is 18.3 Å². The zero-order valence-electron chi connectivity index (χ0n) is 12.2. The second kappa shape index (κ2) is 4.76. The normalized spacial score (nSPS) is 21.8. The molecule has 4 heteroatoms. The van der Waals surface area contributed by atoms with Crippen molar-refractivity contribution in [1.82, 2.24) is 0 Å². The predicted molar refractivity (Wildman–Crippen MR) is 76.1 cm³/mol. The van der Waals surface area contributed by atoms with Gasteiger partial charge in [-0.1, -0.05) is 18.2 Å². The van der Waals surface area contributed by atoms with E-state index in [1.54, 1.807) is 12.1 Å². The Kier molecular flexibility index (Phi) is 3.58. The van der Waals surface area contributed by atoms with E-state index < -0.39 is 0 Å². The van der Waals surface area contributed by atoms with E-state index >= 15 is 0 Å². The van der Waals surface area contributed by atoms with Crippen LogP contribution in [-0.2, 0) is 9.31 Å². The van der Waals surface area contributed by atoms with Crippen LogP contribution in [0, 0.1) is 5.82 Å². The Labute approximate surface area is 114 Å². The Balaban J connectivity index is 2.17. The van der Waals surface area contributed by atoms with Crippen molar-refractivity contribution in [3.63, 3.8) is 0 Å². The van der Waals surface area contributed by atoms with Gasteiger partial charge >= 0.3 is 7.12 Å². The number of halogens is 1. The van der Waals surface area contributed by atoms with Crippen LogP contribution >= 0.6 is 0 Å². The van der Waals surface area contributed by atoms with E-state index in [4.69, 9.17) is 9.31 Å². The second-order valence-corrected chi connectivity index (χ2v) is 6.03. The van der Waals surface area contributed by atoms with Gasteiger partial charge in [0.1, 0.15) is 5.82 Å². The summed E-state index contributed by atoms with van der Waals surface area (Å²) < 4.78 is 24.8. The molecule has 2 rings (SSSR count). The Morgan fingerprint density at radius 1 is 1.05 bits per heavy atom. The van der Waals surface area contributed by atoms with Crippen molar-refractivity contribution < 1.29 is 13.7 Å². The molecule has 0 atom stereocenters. The summed E-state index contributed by atoms with van der Waals surface area (Å²) in [7, 11) is -0.352. The molecule has 1 saturated heterocycles. The molecule has 0 bridgehead atoms. The van der Waals surface area contributed by atoms with Crippen molar-refractivity contribution in [3.05, 3.63) is 41.1 Å². The first-order chi connectivity index (χ1) is 8.71.